The predicted molar refractivity (Wildman–Crippen MR) is 110 cm³/mol. The summed E-state index contributed by atoms with van der Waals surface area (Å²) in [4.78, 5) is 9.98. The van der Waals surface area contributed by atoms with Crippen LogP contribution >= 0.6 is 43.5 Å². The van der Waals surface area contributed by atoms with Crippen LogP contribution in [0.25, 0.3) is 10.9 Å². The molecule has 0 amide bonds. The van der Waals surface area contributed by atoms with Gasteiger partial charge in [-0.1, -0.05) is 57.0 Å². The van der Waals surface area contributed by atoms with Gasteiger partial charge in [0.1, 0.15) is 12.1 Å². The summed E-state index contributed by atoms with van der Waals surface area (Å²) in [6, 6.07) is 13.5. The van der Waals surface area contributed by atoms with E-state index in [0.717, 1.165) is 31.1 Å². The van der Waals surface area contributed by atoms with E-state index in [-0.39, 0.29) is 6.10 Å². The molecule has 4 rings (SSSR count). The van der Waals surface area contributed by atoms with Gasteiger partial charge in [-0.3, -0.25) is 4.98 Å². The first-order chi connectivity index (χ1) is 12.6. The Morgan fingerprint density at radius 1 is 1.15 bits per heavy atom. The molecular formula is C19H13Br2ClN2O2. The van der Waals surface area contributed by atoms with E-state index in [1.54, 1.807) is 6.20 Å². The van der Waals surface area contributed by atoms with Crippen LogP contribution in [-0.2, 0) is 4.84 Å². The molecule has 132 valence electrons. The van der Waals surface area contributed by atoms with E-state index in [1.807, 2.05) is 42.5 Å². The molecule has 1 aliphatic rings. The van der Waals surface area contributed by atoms with Crippen LogP contribution in [0.3, 0.4) is 0 Å². The minimum atomic E-state index is -0.171. The molecule has 3 aromatic rings. The zero-order chi connectivity index (χ0) is 18.1. The monoisotopic (exact) mass is 494 g/mol. The van der Waals surface area contributed by atoms with Gasteiger partial charge in [0.25, 0.3) is 0 Å². The Hall–Kier alpha value is -1.63. The number of benzene rings is 2. The number of aromatic nitrogens is 1. The molecule has 0 fully saturated rings. The molecule has 4 nitrogen and oxygen atoms in total. The largest absolute Gasteiger partial charge is 0.486 e. The molecule has 7 heteroatoms. The maximum atomic E-state index is 6.24. The van der Waals surface area contributed by atoms with Gasteiger partial charge < -0.3 is 9.57 Å². The van der Waals surface area contributed by atoms with Gasteiger partial charge >= 0.3 is 0 Å². The fourth-order valence-electron chi connectivity index (χ4n) is 2.83. The molecule has 1 aromatic heterocycles. The first-order valence-electron chi connectivity index (χ1n) is 7.96. The van der Waals surface area contributed by atoms with Crippen molar-refractivity contribution in [1.29, 1.82) is 0 Å². The van der Waals surface area contributed by atoms with Crippen LogP contribution in [0.1, 0.15) is 12.0 Å². The first-order valence-corrected chi connectivity index (χ1v) is 9.93. The van der Waals surface area contributed by atoms with Crippen molar-refractivity contribution in [1.82, 2.24) is 4.98 Å². The average molecular weight is 497 g/mol. The molecule has 2 aromatic carbocycles. The summed E-state index contributed by atoms with van der Waals surface area (Å²) < 4.78 is 7.84. The minimum absolute atomic E-state index is 0.171. The number of nitrogens with zero attached hydrogens (tertiary/aromatic N) is 2. The molecule has 1 atom stereocenters. The molecule has 0 bridgehead atoms. The van der Waals surface area contributed by atoms with Crippen LogP contribution in [0, 0.1) is 0 Å². The number of oxime groups is 1. The molecule has 0 saturated heterocycles. The lowest BCUT2D eigenvalue weighted by Gasteiger charge is -2.14. The fourth-order valence-corrected chi connectivity index (χ4v) is 4.46. The maximum Gasteiger partial charge on any atom is 0.167 e. The number of ether oxygens (including phenoxy) is 1. The summed E-state index contributed by atoms with van der Waals surface area (Å²) >= 11 is 13.4. The second kappa shape index (κ2) is 7.55. The van der Waals surface area contributed by atoms with E-state index in [1.165, 1.54) is 0 Å². The highest BCUT2D eigenvalue weighted by Gasteiger charge is 2.25. The number of pyridine rings is 1. The highest BCUT2D eigenvalue weighted by molar-refractivity contribution is 9.11. The van der Waals surface area contributed by atoms with Crippen LogP contribution in [-0.4, -0.2) is 23.4 Å². The van der Waals surface area contributed by atoms with E-state index in [0.29, 0.717) is 23.8 Å². The van der Waals surface area contributed by atoms with E-state index in [9.17, 15) is 0 Å². The van der Waals surface area contributed by atoms with Crippen molar-refractivity contribution >= 4 is 60.1 Å². The summed E-state index contributed by atoms with van der Waals surface area (Å²) in [5.74, 6) is 0.693. The van der Waals surface area contributed by atoms with Gasteiger partial charge in [0.05, 0.1) is 10.2 Å². The lowest BCUT2D eigenvalue weighted by molar-refractivity contribution is 0.0473. The smallest absolute Gasteiger partial charge is 0.167 e. The van der Waals surface area contributed by atoms with Gasteiger partial charge in [-0.25, -0.2) is 0 Å². The quantitative estimate of drug-likeness (QED) is 0.446. The van der Waals surface area contributed by atoms with Crippen molar-refractivity contribution in [2.75, 3.05) is 6.61 Å². The van der Waals surface area contributed by atoms with Gasteiger partial charge in [0.15, 0.2) is 11.9 Å². The van der Waals surface area contributed by atoms with Crippen LogP contribution in [0.2, 0.25) is 5.02 Å². The van der Waals surface area contributed by atoms with E-state index in [2.05, 4.69) is 42.0 Å². The Balaban J connectivity index is 1.50. The van der Waals surface area contributed by atoms with Crippen molar-refractivity contribution < 1.29 is 9.57 Å². The van der Waals surface area contributed by atoms with Crippen molar-refractivity contribution in [3.8, 4) is 5.75 Å². The Bertz CT molecular complexity index is 1010. The summed E-state index contributed by atoms with van der Waals surface area (Å²) in [6.07, 6.45) is 2.22. The van der Waals surface area contributed by atoms with Gasteiger partial charge in [0.2, 0.25) is 0 Å². The molecule has 1 unspecified atom stereocenters. The normalized spacial score (nSPS) is 16.4. The van der Waals surface area contributed by atoms with Crippen molar-refractivity contribution in [2.45, 2.75) is 12.5 Å². The molecule has 0 N–H and O–H groups in total. The average Bonchev–Trinajstić information content (AvgIpc) is 3.11. The number of hydrogen-bond acceptors (Lipinski definition) is 4. The maximum absolute atomic E-state index is 6.24. The summed E-state index contributed by atoms with van der Waals surface area (Å²) in [7, 11) is 0. The predicted octanol–water partition coefficient (Wildman–Crippen LogP) is 5.99. The molecule has 2 heterocycles. The van der Waals surface area contributed by atoms with Crippen molar-refractivity contribution in [3.05, 3.63) is 68.2 Å². The third kappa shape index (κ3) is 3.46. The third-order valence-electron chi connectivity index (χ3n) is 4.08. The lowest BCUT2D eigenvalue weighted by atomic mass is 10.1. The zero-order valence-corrected chi connectivity index (χ0v) is 17.4. The number of hydrogen-bond donors (Lipinski definition) is 0. The van der Waals surface area contributed by atoms with Crippen molar-refractivity contribution in [3.63, 3.8) is 0 Å². The summed E-state index contributed by atoms with van der Waals surface area (Å²) in [5, 5.41) is 5.84. The van der Waals surface area contributed by atoms with Crippen LogP contribution in [0.4, 0.5) is 0 Å². The number of rotatable bonds is 4. The summed E-state index contributed by atoms with van der Waals surface area (Å²) in [5.41, 5.74) is 2.52. The highest BCUT2D eigenvalue weighted by atomic mass is 79.9. The Morgan fingerprint density at radius 2 is 2.00 bits per heavy atom. The molecule has 0 aliphatic carbocycles. The molecule has 1 aliphatic heterocycles. The SMILES string of the molecule is Clc1ccccc1C1=NOC(COc2c(Br)cc(Br)c3cccnc23)C1. The van der Waals surface area contributed by atoms with Crippen LogP contribution < -0.4 is 4.74 Å². The van der Waals surface area contributed by atoms with Crippen LogP contribution in [0.5, 0.6) is 5.75 Å². The molecule has 26 heavy (non-hydrogen) atoms. The second-order valence-electron chi connectivity index (χ2n) is 5.83. The van der Waals surface area contributed by atoms with Gasteiger partial charge in [-0.05, 0) is 34.1 Å². The zero-order valence-electron chi connectivity index (χ0n) is 13.5. The standard InChI is InChI=1S/C19H13Br2ClN2O2/c20-14-9-15(21)19(18-12(14)5-3-7-23-18)25-10-11-8-17(24-26-11)13-4-1-2-6-16(13)22/h1-7,9,11H,8,10H2. The van der Waals surface area contributed by atoms with E-state index < -0.39 is 0 Å². The number of fused-ring (bicyclic) bond motifs is 1. The first kappa shape index (κ1) is 17.8. The molecule has 0 saturated carbocycles. The molecule has 0 spiro atoms. The Labute approximate surface area is 172 Å². The van der Waals surface area contributed by atoms with Gasteiger partial charge in [-0.15, -0.1) is 0 Å². The van der Waals surface area contributed by atoms with Gasteiger partial charge in [-0.2, -0.15) is 0 Å². The summed E-state index contributed by atoms with van der Waals surface area (Å²) in [6.45, 7) is 0.364. The molecule has 0 radical (unpaired) electrons. The van der Waals surface area contributed by atoms with E-state index in [4.69, 9.17) is 21.2 Å². The Morgan fingerprint density at radius 3 is 2.85 bits per heavy atom. The minimum Gasteiger partial charge on any atom is -0.486 e. The fraction of sp³-hybridized carbons (Fsp3) is 0.158. The lowest BCUT2D eigenvalue weighted by Crippen LogP contribution is -2.18. The molecular weight excluding hydrogens is 483 g/mol. The van der Waals surface area contributed by atoms with E-state index >= 15 is 0 Å². The third-order valence-corrected chi connectivity index (χ3v) is 5.66. The van der Waals surface area contributed by atoms with Gasteiger partial charge in [0, 0.05) is 33.1 Å². The Kier molecular flexibility index (Phi) is 5.16. The van der Waals surface area contributed by atoms with Crippen LogP contribution in [0.15, 0.2) is 62.8 Å². The van der Waals surface area contributed by atoms with Crippen molar-refractivity contribution in [2.24, 2.45) is 5.16 Å². The number of halogens is 3. The topological polar surface area (TPSA) is 43.7 Å². The highest BCUT2D eigenvalue weighted by Crippen LogP contribution is 2.37. The second-order valence-corrected chi connectivity index (χ2v) is 7.95.